The average molecular weight is 538 g/mol. The van der Waals surface area contributed by atoms with E-state index in [1.165, 1.54) is 12.3 Å². The van der Waals surface area contributed by atoms with Crippen LogP contribution in [0.15, 0.2) is 53.7 Å². The highest BCUT2D eigenvalue weighted by Gasteiger charge is 2.28. The monoisotopic (exact) mass is 538 g/mol. The van der Waals surface area contributed by atoms with Gasteiger partial charge in [-0.05, 0) is 18.1 Å². The number of pyridine rings is 1. The number of aliphatic imine (C=N–C) groups is 1. The van der Waals surface area contributed by atoms with Gasteiger partial charge in [0.25, 0.3) is 0 Å². The summed E-state index contributed by atoms with van der Waals surface area (Å²) in [5, 5.41) is 16.0. The van der Waals surface area contributed by atoms with Crippen molar-refractivity contribution in [1.82, 2.24) is 15.6 Å². The molecule has 0 aliphatic rings. The third kappa shape index (κ3) is 9.61. The first-order chi connectivity index (χ1) is 13.9. The minimum Gasteiger partial charge on any atom is -0.468 e. The Kier molecular flexibility index (Phi) is 11.5. The summed E-state index contributed by atoms with van der Waals surface area (Å²) in [7, 11) is 0. The van der Waals surface area contributed by atoms with Crippen LogP contribution in [-0.2, 0) is 6.54 Å². The van der Waals surface area contributed by atoms with Gasteiger partial charge in [-0.3, -0.25) is 0 Å². The molecule has 1 atom stereocenters. The molecule has 0 aliphatic carbocycles. The van der Waals surface area contributed by atoms with Gasteiger partial charge in [0.05, 0.1) is 13.2 Å². The molecule has 0 aliphatic heterocycles. The van der Waals surface area contributed by atoms with E-state index < -0.39 is 12.8 Å². The Labute approximate surface area is 191 Å². The number of aliphatic hydroxyl groups excluding tert-OH is 1. The van der Waals surface area contributed by atoms with Gasteiger partial charge in [-0.25, -0.2) is 9.98 Å². The highest BCUT2D eigenvalue weighted by Crippen LogP contribution is 2.17. The van der Waals surface area contributed by atoms with E-state index in [1.807, 2.05) is 37.3 Å². The van der Waals surface area contributed by atoms with Gasteiger partial charge in [0.15, 0.2) is 12.6 Å². The molecule has 1 aromatic carbocycles. The lowest BCUT2D eigenvalue weighted by Gasteiger charge is -2.18. The van der Waals surface area contributed by atoms with Crippen molar-refractivity contribution in [3.8, 4) is 5.88 Å². The molecule has 30 heavy (non-hydrogen) atoms. The summed E-state index contributed by atoms with van der Waals surface area (Å²) in [6.45, 7) is 2.00. The van der Waals surface area contributed by atoms with Crippen molar-refractivity contribution < 1.29 is 23.0 Å². The van der Waals surface area contributed by atoms with Gasteiger partial charge in [-0.1, -0.05) is 36.4 Å². The van der Waals surface area contributed by atoms with Crippen LogP contribution in [0.25, 0.3) is 0 Å². The van der Waals surface area contributed by atoms with Gasteiger partial charge >= 0.3 is 6.18 Å². The second kappa shape index (κ2) is 13.3. The van der Waals surface area contributed by atoms with Crippen molar-refractivity contribution in [2.75, 3.05) is 26.3 Å². The summed E-state index contributed by atoms with van der Waals surface area (Å²) in [5.74, 6) is 0.403. The Morgan fingerprint density at radius 2 is 1.90 bits per heavy atom. The average Bonchev–Trinajstić information content (AvgIpc) is 2.72. The fourth-order valence-corrected chi connectivity index (χ4v) is 2.49. The van der Waals surface area contributed by atoms with Gasteiger partial charge < -0.3 is 20.5 Å². The van der Waals surface area contributed by atoms with Gasteiger partial charge in [0.2, 0.25) is 5.88 Å². The second-order valence-electron chi connectivity index (χ2n) is 6.27. The SMILES string of the molecule is CCNC(=NCc1ccc(OCC(F)(F)F)nc1)NCC(CO)c1ccccc1.I. The molecule has 0 fully saturated rings. The highest BCUT2D eigenvalue weighted by molar-refractivity contribution is 14.0. The third-order valence-electron chi connectivity index (χ3n) is 3.95. The van der Waals surface area contributed by atoms with E-state index in [1.54, 1.807) is 6.07 Å². The second-order valence-corrected chi connectivity index (χ2v) is 6.27. The predicted octanol–water partition coefficient (Wildman–Crippen LogP) is 3.47. The molecule has 1 heterocycles. The van der Waals surface area contributed by atoms with Crippen molar-refractivity contribution in [3.05, 3.63) is 59.8 Å². The number of hydrogen-bond donors (Lipinski definition) is 3. The maximum atomic E-state index is 12.2. The maximum absolute atomic E-state index is 12.2. The molecule has 3 N–H and O–H groups in total. The van der Waals surface area contributed by atoms with E-state index in [4.69, 9.17) is 0 Å². The fraction of sp³-hybridized carbons (Fsp3) is 0.400. The van der Waals surface area contributed by atoms with Crippen molar-refractivity contribution in [2.24, 2.45) is 4.99 Å². The molecule has 0 amide bonds. The van der Waals surface area contributed by atoms with Crippen molar-refractivity contribution >= 4 is 29.9 Å². The van der Waals surface area contributed by atoms with Crippen LogP contribution in [0, 0.1) is 0 Å². The third-order valence-corrected chi connectivity index (χ3v) is 3.95. The van der Waals surface area contributed by atoms with E-state index in [0.29, 0.717) is 19.0 Å². The van der Waals surface area contributed by atoms with Crippen LogP contribution in [0.2, 0.25) is 0 Å². The molecule has 1 aromatic heterocycles. The van der Waals surface area contributed by atoms with Crippen molar-refractivity contribution in [3.63, 3.8) is 0 Å². The zero-order valence-electron chi connectivity index (χ0n) is 16.5. The van der Waals surface area contributed by atoms with Gasteiger partial charge in [-0.2, -0.15) is 13.2 Å². The summed E-state index contributed by atoms with van der Waals surface area (Å²) in [6, 6.07) is 12.7. The fourth-order valence-electron chi connectivity index (χ4n) is 2.49. The van der Waals surface area contributed by atoms with Gasteiger partial charge in [0, 0.05) is 31.3 Å². The lowest BCUT2D eigenvalue weighted by Crippen LogP contribution is -2.39. The standard InChI is InChI=1S/C20H25F3N4O2.HI/c1-2-24-19(27-12-17(13-28)16-6-4-3-5-7-16)26-11-15-8-9-18(25-10-15)29-14-20(21,22)23;/h3-10,17,28H,2,11-14H2,1H3,(H2,24,26,27);1H. The highest BCUT2D eigenvalue weighted by atomic mass is 127. The molecular weight excluding hydrogens is 512 g/mol. The molecule has 10 heteroatoms. The largest absolute Gasteiger partial charge is 0.468 e. The number of ether oxygens (including phenoxy) is 1. The zero-order valence-corrected chi connectivity index (χ0v) is 18.9. The first kappa shape index (κ1) is 26.0. The minimum atomic E-state index is -4.40. The molecule has 2 rings (SSSR count). The van der Waals surface area contributed by atoms with Crippen LogP contribution in [0.1, 0.15) is 24.0 Å². The normalized spacial score (nSPS) is 12.6. The molecule has 2 aromatic rings. The van der Waals surface area contributed by atoms with Crippen LogP contribution in [0.3, 0.4) is 0 Å². The molecular formula is C20H26F3IN4O2. The Morgan fingerprint density at radius 3 is 2.47 bits per heavy atom. The summed E-state index contributed by atoms with van der Waals surface area (Å²) in [4.78, 5) is 8.32. The topological polar surface area (TPSA) is 78.8 Å². The smallest absolute Gasteiger partial charge is 0.422 e. The molecule has 6 nitrogen and oxygen atoms in total. The summed E-state index contributed by atoms with van der Waals surface area (Å²) >= 11 is 0. The first-order valence-corrected chi connectivity index (χ1v) is 9.23. The minimum absolute atomic E-state index is 0. The van der Waals surface area contributed by atoms with Crippen molar-refractivity contribution in [1.29, 1.82) is 0 Å². The van der Waals surface area contributed by atoms with E-state index in [-0.39, 0.29) is 48.9 Å². The first-order valence-electron chi connectivity index (χ1n) is 9.23. The van der Waals surface area contributed by atoms with Crippen LogP contribution in [0.5, 0.6) is 5.88 Å². The van der Waals surface area contributed by atoms with Crippen molar-refractivity contribution in [2.45, 2.75) is 25.6 Å². The molecule has 0 radical (unpaired) electrons. The maximum Gasteiger partial charge on any atom is 0.422 e. The number of aliphatic hydroxyl groups is 1. The number of rotatable bonds is 9. The van der Waals surface area contributed by atoms with E-state index in [0.717, 1.165) is 11.1 Å². The Hall–Kier alpha value is -2.08. The number of alkyl halides is 3. The molecule has 0 saturated heterocycles. The Bertz CT molecular complexity index is 759. The summed E-state index contributed by atoms with van der Waals surface area (Å²) in [6.07, 6.45) is -2.97. The number of halogens is 4. The number of nitrogens with zero attached hydrogens (tertiary/aromatic N) is 2. The van der Waals surface area contributed by atoms with Crippen LogP contribution in [-0.4, -0.2) is 48.5 Å². The molecule has 166 valence electrons. The molecule has 0 saturated carbocycles. The van der Waals surface area contributed by atoms with Crippen LogP contribution < -0.4 is 15.4 Å². The van der Waals surface area contributed by atoms with E-state index in [2.05, 4.69) is 25.3 Å². The van der Waals surface area contributed by atoms with E-state index in [9.17, 15) is 18.3 Å². The quantitative estimate of drug-likeness (QED) is 0.259. The van der Waals surface area contributed by atoms with E-state index >= 15 is 0 Å². The summed E-state index contributed by atoms with van der Waals surface area (Å²) in [5.41, 5.74) is 1.75. The molecule has 0 spiro atoms. The zero-order chi connectivity index (χ0) is 21.1. The molecule has 0 bridgehead atoms. The Morgan fingerprint density at radius 1 is 1.17 bits per heavy atom. The lowest BCUT2D eigenvalue weighted by atomic mass is 10.0. The Balaban J connectivity index is 0.00000450. The number of benzene rings is 1. The summed E-state index contributed by atoms with van der Waals surface area (Å²) < 4.78 is 41.1. The number of hydrogen-bond acceptors (Lipinski definition) is 4. The number of nitrogens with one attached hydrogen (secondary N) is 2. The van der Waals surface area contributed by atoms with Crippen LogP contribution >= 0.6 is 24.0 Å². The number of aromatic nitrogens is 1. The lowest BCUT2D eigenvalue weighted by molar-refractivity contribution is -0.154. The predicted molar refractivity (Wildman–Crippen MR) is 120 cm³/mol. The molecule has 1 unspecified atom stereocenters. The van der Waals surface area contributed by atoms with Gasteiger partial charge in [-0.15, -0.1) is 24.0 Å². The number of guanidine groups is 1. The van der Waals surface area contributed by atoms with Crippen LogP contribution in [0.4, 0.5) is 13.2 Å². The van der Waals surface area contributed by atoms with Gasteiger partial charge in [0.1, 0.15) is 0 Å².